The molecule has 1 aliphatic heterocycles. The summed E-state index contributed by atoms with van der Waals surface area (Å²) < 4.78 is 1.83. The van der Waals surface area contributed by atoms with Gasteiger partial charge < -0.3 is 10.0 Å². The van der Waals surface area contributed by atoms with Gasteiger partial charge in [0.25, 0.3) is 0 Å². The second-order valence-electron chi connectivity index (χ2n) is 6.21. The number of hydrogen-bond donors (Lipinski definition) is 1. The molecule has 2 aromatic rings. The Morgan fingerprint density at radius 2 is 1.83 bits per heavy atom. The molecule has 23 heavy (non-hydrogen) atoms. The predicted molar refractivity (Wildman–Crippen MR) is 89.0 cm³/mol. The van der Waals surface area contributed by atoms with E-state index in [0.717, 1.165) is 55.7 Å². The van der Waals surface area contributed by atoms with Crippen LogP contribution in [0.5, 0.6) is 0 Å². The Morgan fingerprint density at radius 1 is 1.13 bits per heavy atom. The molecule has 2 aromatic heterocycles. The number of nitrogens with zero attached hydrogens (tertiary/aromatic N) is 6. The lowest BCUT2D eigenvalue weighted by Gasteiger charge is -2.35. The summed E-state index contributed by atoms with van der Waals surface area (Å²) in [5.74, 6) is 1.63. The first-order chi connectivity index (χ1) is 11.0. The largest absolute Gasteiger partial charge is 0.392 e. The van der Waals surface area contributed by atoms with E-state index in [2.05, 4.69) is 19.9 Å². The number of hydrogen-bond acceptors (Lipinski definition) is 6. The number of aromatic nitrogens is 4. The molecule has 7 nitrogen and oxygen atoms in total. The van der Waals surface area contributed by atoms with Gasteiger partial charge in [-0.1, -0.05) is 0 Å². The quantitative estimate of drug-likeness (QED) is 0.899. The van der Waals surface area contributed by atoms with Crippen LogP contribution < -0.4 is 4.90 Å². The summed E-state index contributed by atoms with van der Waals surface area (Å²) in [7, 11) is 0. The first-order valence-corrected chi connectivity index (χ1v) is 8.04. The van der Waals surface area contributed by atoms with E-state index in [1.54, 1.807) is 12.4 Å². The molecular weight excluding hydrogens is 292 g/mol. The molecule has 0 aromatic carbocycles. The molecular formula is C16H24N6O. The number of anilines is 1. The summed E-state index contributed by atoms with van der Waals surface area (Å²) in [6.45, 7) is 10.2. The Bertz CT molecular complexity index is 660. The van der Waals surface area contributed by atoms with Gasteiger partial charge in [-0.25, -0.2) is 9.67 Å². The summed E-state index contributed by atoms with van der Waals surface area (Å²) in [6, 6.07) is 2.03. The van der Waals surface area contributed by atoms with Crippen molar-refractivity contribution in [1.29, 1.82) is 0 Å². The van der Waals surface area contributed by atoms with Crippen molar-refractivity contribution in [2.75, 3.05) is 37.6 Å². The fourth-order valence-electron chi connectivity index (χ4n) is 2.99. The van der Waals surface area contributed by atoms with E-state index in [-0.39, 0.29) is 6.10 Å². The maximum Gasteiger partial charge on any atom is 0.174 e. The Morgan fingerprint density at radius 3 is 2.43 bits per heavy atom. The Hall–Kier alpha value is -1.99. The van der Waals surface area contributed by atoms with E-state index in [9.17, 15) is 5.11 Å². The monoisotopic (exact) mass is 316 g/mol. The van der Waals surface area contributed by atoms with Crippen LogP contribution in [0.2, 0.25) is 0 Å². The molecule has 0 amide bonds. The van der Waals surface area contributed by atoms with Crippen molar-refractivity contribution in [1.82, 2.24) is 24.6 Å². The lowest BCUT2D eigenvalue weighted by molar-refractivity contribution is 0.122. The van der Waals surface area contributed by atoms with Crippen molar-refractivity contribution in [3.63, 3.8) is 0 Å². The van der Waals surface area contributed by atoms with Crippen LogP contribution in [0.4, 0.5) is 5.82 Å². The fraction of sp³-hybridized carbons (Fsp3) is 0.562. The van der Waals surface area contributed by atoms with E-state index < -0.39 is 0 Å². The van der Waals surface area contributed by atoms with Gasteiger partial charge in [0.05, 0.1) is 24.2 Å². The zero-order valence-electron chi connectivity index (χ0n) is 14.0. The SMILES string of the molecule is Cc1cc(C)n(-c2cncc(N3CCN(C[C@@H](C)O)CC3)n2)n1. The summed E-state index contributed by atoms with van der Waals surface area (Å²) in [6.07, 6.45) is 3.27. The van der Waals surface area contributed by atoms with Gasteiger partial charge >= 0.3 is 0 Å². The lowest BCUT2D eigenvalue weighted by atomic mass is 10.3. The van der Waals surface area contributed by atoms with Gasteiger partial charge in [0.15, 0.2) is 5.82 Å². The normalized spacial score (nSPS) is 17.5. The van der Waals surface area contributed by atoms with Crippen LogP contribution in [0, 0.1) is 13.8 Å². The molecule has 1 N–H and O–H groups in total. The minimum atomic E-state index is -0.282. The lowest BCUT2D eigenvalue weighted by Crippen LogP contribution is -2.48. The average Bonchev–Trinajstić information content (AvgIpc) is 2.86. The van der Waals surface area contributed by atoms with Crippen molar-refractivity contribution >= 4 is 5.82 Å². The maximum absolute atomic E-state index is 9.49. The molecule has 3 rings (SSSR count). The maximum atomic E-state index is 9.49. The zero-order chi connectivity index (χ0) is 16.4. The van der Waals surface area contributed by atoms with Crippen LogP contribution in [-0.2, 0) is 0 Å². The van der Waals surface area contributed by atoms with Crippen LogP contribution in [0.1, 0.15) is 18.3 Å². The van der Waals surface area contributed by atoms with Crippen molar-refractivity contribution in [3.8, 4) is 5.82 Å². The summed E-state index contributed by atoms with van der Waals surface area (Å²) in [5, 5.41) is 14.0. The number of piperazine rings is 1. The first kappa shape index (κ1) is 15.9. The van der Waals surface area contributed by atoms with Crippen LogP contribution in [-0.4, -0.2) is 68.6 Å². The highest BCUT2D eigenvalue weighted by molar-refractivity contribution is 5.40. The second-order valence-corrected chi connectivity index (χ2v) is 6.21. The van der Waals surface area contributed by atoms with Crippen molar-refractivity contribution in [2.24, 2.45) is 0 Å². The molecule has 1 aliphatic rings. The van der Waals surface area contributed by atoms with Gasteiger partial charge in [-0.2, -0.15) is 5.10 Å². The van der Waals surface area contributed by atoms with Crippen molar-refractivity contribution in [3.05, 3.63) is 29.8 Å². The highest BCUT2D eigenvalue weighted by Gasteiger charge is 2.19. The Balaban J connectivity index is 1.73. The van der Waals surface area contributed by atoms with Gasteiger partial charge in [0.2, 0.25) is 0 Å². The summed E-state index contributed by atoms with van der Waals surface area (Å²) in [4.78, 5) is 13.6. The number of aryl methyl sites for hydroxylation is 2. The predicted octanol–water partition coefficient (Wildman–Crippen LogP) is 0.782. The molecule has 3 heterocycles. The van der Waals surface area contributed by atoms with Crippen molar-refractivity contribution < 1.29 is 5.11 Å². The van der Waals surface area contributed by atoms with E-state index in [0.29, 0.717) is 0 Å². The molecule has 0 radical (unpaired) electrons. The fourth-order valence-corrected chi connectivity index (χ4v) is 2.99. The second kappa shape index (κ2) is 6.64. The van der Waals surface area contributed by atoms with Crippen molar-refractivity contribution in [2.45, 2.75) is 26.9 Å². The summed E-state index contributed by atoms with van der Waals surface area (Å²) in [5.41, 5.74) is 2.03. The zero-order valence-corrected chi connectivity index (χ0v) is 14.0. The van der Waals surface area contributed by atoms with Crippen LogP contribution >= 0.6 is 0 Å². The van der Waals surface area contributed by atoms with Crippen LogP contribution in [0.3, 0.4) is 0 Å². The minimum absolute atomic E-state index is 0.282. The third kappa shape index (κ3) is 3.68. The van der Waals surface area contributed by atoms with Gasteiger partial charge in [-0.05, 0) is 26.8 Å². The molecule has 1 fully saturated rings. The third-order valence-electron chi connectivity index (χ3n) is 4.05. The molecule has 0 bridgehead atoms. The molecule has 0 aliphatic carbocycles. The Kier molecular flexibility index (Phi) is 4.58. The van der Waals surface area contributed by atoms with E-state index >= 15 is 0 Å². The molecule has 7 heteroatoms. The number of aliphatic hydroxyl groups is 1. The number of rotatable bonds is 4. The van der Waals surface area contributed by atoms with E-state index in [1.807, 2.05) is 31.5 Å². The molecule has 124 valence electrons. The molecule has 1 saturated heterocycles. The Labute approximate surface area is 136 Å². The van der Waals surface area contributed by atoms with Gasteiger partial charge in [-0.15, -0.1) is 0 Å². The van der Waals surface area contributed by atoms with Gasteiger partial charge in [0.1, 0.15) is 5.82 Å². The first-order valence-electron chi connectivity index (χ1n) is 8.04. The number of β-amino-alcohol motifs (C(OH)–C–C–N with tert-alkyl or cyclic N) is 1. The topological polar surface area (TPSA) is 70.3 Å². The van der Waals surface area contributed by atoms with Crippen LogP contribution in [0.15, 0.2) is 18.5 Å². The highest BCUT2D eigenvalue weighted by atomic mass is 16.3. The standard InChI is InChI=1S/C16H24N6O/c1-12-8-13(2)22(19-12)16-10-17-9-15(18-16)21-6-4-20(5-7-21)11-14(3)23/h8-10,14,23H,4-7,11H2,1-3H3/t14-/m1/s1. The smallest absolute Gasteiger partial charge is 0.174 e. The van der Waals surface area contributed by atoms with E-state index in [1.165, 1.54) is 0 Å². The number of aliphatic hydroxyl groups excluding tert-OH is 1. The van der Waals surface area contributed by atoms with Gasteiger partial charge in [-0.3, -0.25) is 9.88 Å². The highest BCUT2D eigenvalue weighted by Crippen LogP contribution is 2.16. The molecule has 1 atom stereocenters. The minimum Gasteiger partial charge on any atom is -0.392 e. The third-order valence-corrected chi connectivity index (χ3v) is 4.05. The van der Waals surface area contributed by atoms with Gasteiger partial charge in [0, 0.05) is 38.4 Å². The average molecular weight is 316 g/mol. The molecule has 0 unspecified atom stereocenters. The van der Waals surface area contributed by atoms with Crippen LogP contribution in [0.25, 0.3) is 5.82 Å². The van der Waals surface area contributed by atoms with E-state index in [4.69, 9.17) is 4.98 Å². The molecule has 0 saturated carbocycles. The molecule has 0 spiro atoms. The summed E-state index contributed by atoms with van der Waals surface area (Å²) >= 11 is 0.